The summed E-state index contributed by atoms with van der Waals surface area (Å²) in [6.07, 6.45) is 0. The Balaban J connectivity index is 1.43. The number of aromatic amines is 1. The molecule has 1 N–H and O–H groups in total. The fourth-order valence-electron chi connectivity index (χ4n) is 3.31. The Morgan fingerprint density at radius 1 is 1.10 bits per heavy atom. The van der Waals surface area contributed by atoms with E-state index in [-0.39, 0.29) is 18.3 Å². The van der Waals surface area contributed by atoms with E-state index in [0.29, 0.717) is 35.5 Å². The summed E-state index contributed by atoms with van der Waals surface area (Å²) in [6, 6.07) is 13.6. The number of ether oxygens (including phenoxy) is 3. The Labute approximate surface area is 172 Å². The Morgan fingerprint density at radius 3 is 2.73 bits per heavy atom. The Kier molecular flexibility index (Phi) is 5.38. The standard InChI is InChI=1S/C22H20N2O6/c1-2-24(11-14-7-8-18-19(9-14)30-13-29-18)21(26)12-28-22(27)16-10-20(25)23-17-6-4-3-5-15(16)17/h3-10H,2,11-13H2,1H3,(H,23,25). The molecule has 1 aromatic heterocycles. The summed E-state index contributed by atoms with van der Waals surface area (Å²) in [6.45, 7) is 2.40. The Hall–Kier alpha value is -3.81. The molecule has 3 aromatic rings. The van der Waals surface area contributed by atoms with Crippen molar-refractivity contribution in [1.29, 1.82) is 0 Å². The summed E-state index contributed by atoms with van der Waals surface area (Å²) in [4.78, 5) is 41.2. The number of nitrogens with zero attached hydrogens (tertiary/aromatic N) is 1. The number of rotatable bonds is 6. The minimum absolute atomic E-state index is 0.126. The topological polar surface area (TPSA) is 97.9 Å². The van der Waals surface area contributed by atoms with Gasteiger partial charge in [-0.25, -0.2) is 4.79 Å². The van der Waals surface area contributed by atoms with E-state index in [0.717, 1.165) is 5.56 Å². The molecule has 4 rings (SSSR count). The Morgan fingerprint density at radius 2 is 1.90 bits per heavy atom. The summed E-state index contributed by atoms with van der Waals surface area (Å²) >= 11 is 0. The van der Waals surface area contributed by atoms with Gasteiger partial charge in [-0.05, 0) is 30.7 Å². The molecular weight excluding hydrogens is 388 g/mol. The number of fused-ring (bicyclic) bond motifs is 2. The largest absolute Gasteiger partial charge is 0.454 e. The number of carbonyl (C=O) groups is 2. The highest BCUT2D eigenvalue weighted by molar-refractivity contribution is 6.03. The first-order chi connectivity index (χ1) is 14.5. The molecule has 1 aliphatic heterocycles. The van der Waals surface area contributed by atoms with Gasteiger partial charge in [0.05, 0.1) is 5.56 Å². The number of nitrogens with one attached hydrogen (secondary N) is 1. The number of carbonyl (C=O) groups excluding carboxylic acids is 2. The fourth-order valence-corrected chi connectivity index (χ4v) is 3.31. The van der Waals surface area contributed by atoms with Gasteiger partial charge in [-0.1, -0.05) is 24.3 Å². The SMILES string of the molecule is CCN(Cc1ccc2c(c1)OCO2)C(=O)COC(=O)c1cc(=O)[nH]c2ccccc12. The summed E-state index contributed by atoms with van der Waals surface area (Å²) in [5.41, 5.74) is 1.12. The molecule has 8 nitrogen and oxygen atoms in total. The van der Waals surface area contributed by atoms with Crippen molar-refractivity contribution in [1.82, 2.24) is 9.88 Å². The van der Waals surface area contributed by atoms with Gasteiger partial charge in [-0.3, -0.25) is 9.59 Å². The van der Waals surface area contributed by atoms with Gasteiger partial charge in [-0.2, -0.15) is 0 Å². The summed E-state index contributed by atoms with van der Waals surface area (Å²) < 4.78 is 15.9. The first-order valence-electron chi connectivity index (χ1n) is 9.50. The highest BCUT2D eigenvalue weighted by Crippen LogP contribution is 2.32. The van der Waals surface area contributed by atoms with Gasteiger partial charge >= 0.3 is 5.97 Å². The lowest BCUT2D eigenvalue weighted by Gasteiger charge is -2.21. The van der Waals surface area contributed by atoms with E-state index in [9.17, 15) is 14.4 Å². The number of esters is 1. The molecule has 0 saturated heterocycles. The van der Waals surface area contributed by atoms with Crippen LogP contribution < -0.4 is 15.0 Å². The van der Waals surface area contributed by atoms with Crippen molar-refractivity contribution in [3.05, 3.63) is 70.0 Å². The zero-order valence-electron chi connectivity index (χ0n) is 16.3. The van der Waals surface area contributed by atoms with Crippen molar-refractivity contribution >= 4 is 22.8 Å². The van der Waals surface area contributed by atoms with Crippen LogP contribution in [0.4, 0.5) is 0 Å². The first-order valence-corrected chi connectivity index (χ1v) is 9.50. The van der Waals surface area contributed by atoms with Crippen LogP contribution in [-0.2, 0) is 16.1 Å². The van der Waals surface area contributed by atoms with Crippen LogP contribution in [-0.4, -0.2) is 41.7 Å². The van der Waals surface area contributed by atoms with Gasteiger partial charge in [0.15, 0.2) is 18.1 Å². The van der Waals surface area contributed by atoms with Crippen LogP contribution in [0.5, 0.6) is 11.5 Å². The van der Waals surface area contributed by atoms with E-state index in [2.05, 4.69) is 4.98 Å². The van der Waals surface area contributed by atoms with Crippen LogP contribution in [0, 0.1) is 0 Å². The number of hydrogen-bond acceptors (Lipinski definition) is 6. The number of likely N-dealkylation sites (N-methyl/N-ethyl adjacent to an activating group) is 1. The first kappa shape index (κ1) is 19.5. The maximum Gasteiger partial charge on any atom is 0.339 e. The molecule has 0 fully saturated rings. The smallest absolute Gasteiger partial charge is 0.339 e. The van der Waals surface area contributed by atoms with Gasteiger partial charge in [0.2, 0.25) is 12.4 Å². The van der Waals surface area contributed by atoms with Crippen LogP contribution in [0.25, 0.3) is 10.9 Å². The average Bonchev–Trinajstić information content (AvgIpc) is 3.22. The van der Waals surface area contributed by atoms with Crippen molar-refractivity contribution < 1.29 is 23.8 Å². The number of hydrogen-bond donors (Lipinski definition) is 1. The molecule has 0 bridgehead atoms. The van der Waals surface area contributed by atoms with E-state index in [1.165, 1.54) is 6.07 Å². The van der Waals surface area contributed by atoms with Crippen LogP contribution in [0.3, 0.4) is 0 Å². The fraction of sp³-hybridized carbons (Fsp3) is 0.227. The van der Waals surface area contributed by atoms with E-state index < -0.39 is 18.1 Å². The van der Waals surface area contributed by atoms with Crippen molar-refractivity contribution in [2.45, 2.75) is 13.5 Å². The second-order valence-corrected chi connectivity index (χ2v) is 6.76. The third-order valence-corrected chi connectivity index (χ3v) is 4.84. The third kappa shape index (κ3) is 3.98. The normalized spacial score (nSPS) is 12.0. The molecule has 1 aliphatic rings. The van der Waals surface area contributed by atoms with Crippen LogP contribution in [0.15, 0.2) is 53.3 Å². The zero-order chi connectivity index (χ0) is 21.1. The minimum atomic E-state index is -0.718. The second-order valence-electron chi connectivity index (χ2n) is 6.76. The van der Waals surface area contributed by atoms with Gasteiger partial charge in [0.1, 0.15) is 0 Å². The lowest BCUT2D eigenvalue weighted by Crippen LogP contribution is -2.34. The van der Waals surface area contributed by atoms with Crippen molar-refractivity contribution in [3.8, 4) is 11.5 Å². The molecule has 0 unspecified atom stereocenters. The predicted molar refractivity (Wildman–Crippen MR) is 109 cm³/mol. The van der Waals surface area contributed by atoms with E-state index >= 15 is 0 Å². The number of para-hydroxylation sites is 1. The number of aromatic nitrogens is 1. The molecule has 2 aromatic carbocycles. The maximum atomic E-state index is 12.6. The highest BCUT2D eigenvalue weighted by atomic mass is 16.7. The molecule has 1 amide bonds. The molecule has 154 valence electrons. The molecular formula is C22H20N2O6. The van der Waals surface area contributed by atoms with E-state index in [1.54, 1.807) is 35.2 Å². The van der Waals surface area contributed by atoms with Gasteiger partial charge in [0.25, 0.3) is 5.91 Å². The summed E-state index contributed by atoms with van der Waals surface area (Å²) in [5.74, 6) is 0.262. The average molecular weight is 408 g/mol. The lowest BCUT2D eigenvalue weighted by molar-refractivity contribution is -0.134. The Bertz CT molecular complexity index is 1170. The third-order valence-electron chi connectivity index (χ3n) is 4.84. The molecule has 0 spiro atoms. The summed E-state index contributed by atoms with van der Waals surface area (Å²) in [7, 11) is 0. The molecule has 8 heteroatoms. The molecule has 30 heavy (non-hydrogen) atoms. The number of pyridine rings is 1. The van der Waals surface area contributed by atoms with Crippen molar-refractivity contribution in [3.63, 3.8) is 0 Å². The quantitative estimate of drug-likeness (QED) is 0.630. The lowest BCUT2D eigenvalue weighted by atomic mass is 10.1. The molecule has 0 saturated carbocycles. The molecule has 0 aliphatic carbocycles. The molecule has 0 atom stereocenters. The van der Waals surface area contributed by atoms with Crippen LogP contribution >= 0.6 is 0 Å². The monoisotopic (exact) mass is 408 g/mol. The second kappa shape index (κ2) is 8.28. The number of benzene rings is 2. The van der Waals surface area contributed by atoms with Gasteiger partial charge in [0, 0.05) is 30.1 Å². The molecule has 0 radical (unpaired) electrons. The van der Waals surface area contributed by atoms with Crippen LogP contribution in [0.2, 0.25) is 0 Å². The zero-order valence-corrected chi connectivity index (χ0v) is 16.3. The molecule has 2 heterocycles. The summed E-state index contributed by atoms with van der Waals surface area (Å²) in [5, 5.41) is 0.558. The minimum Gasteiger partial charge on any atom is -0.454 e. The van der Waals surface area contributed by atoms with Gasteiger partial charge in [-0.15, -0.1) is 0 Å². The predicted octanol–water partition coefficient (Wildman–Crippen LogP) is 2.46. The number of H-pyrrole nitrogens is 1. The van der Waals surface area contributed by atoms with E-state index in [4.69, 9.17) is 14.2 Å². The van der Waals surface area contributed by atoms with Crippen LogP contribution in [0.1, 0.15) is 22.8 Å². The number of amides is 1. The van der Waals surface area contributed by atoms with Crippen molar-refractivity contribution in [2.75, 3.05) is 19.9 Å². The van der Waals surface area contributed by atoms with Crippen molar-refractivity contribution in [2.24, 2.45) is 0 Å². The van der Waals surface area contributed by atoms with E-state index in [1.807, 2.05) is 19.1 Å². The maximum absolute atomic E-state index is 12.6. The highest BCUT2D eigenvalue weighted by Gasteiger charge is 2.19. The van der Waals surface area contributed by atoms with Gasteiger partial charge < -0.3 is 24.1 Å².